The number of rotatable bonds is 1. The number of hydrogen-bond donors (Lipinski definition) is 1. The van der Waals surface area contributed by atoms with Crippen LogP contribution in [0.4, 0.5) is 0 Å². The summed E-state index contributed by atoms with van der Waals surface area (Å²) in [5, 5.41) is 12.5. The first-order chi connectivity index (χ1) is 5.83. The Kier molecular flexibility index (Phi) is 1.87. The molecule has 0 fully saturated rings. The van der Waals surface area contributed by atoms with Gasteiger partial charge in [0, 0.05) is 4.70 Å². The molecule has 1 nitrogen and oxygen atoms in total. The smallest absolute Gasteiger partial charge is 0.0695 e. The third-order valence-corrected chi connectivity index (χ3v) is 3.23. The maximum absolute atomic E-state index is 9.05. The molecule has 1 N–H and O–H groups in total. The van der Waals surface area contributed by atoms with Gasteiger partial charge in [-0.15, -0.1) is 11.3 Å². The van der Waals surface area contributed by atoms with Gasteiger partial charge in [-0.25, -0.2) is 0 Å². The molecule has 0 saturated carbocycles. The van der Waals surface area contributed by atoms with E-state index in [2.05, 4.69) is 18.4 Å². The second-order valence-electron chi connectivity index (χ2n) is 2.87. The maximum Gasteiger partial charge on any atom is 0.0695 e. The largest absolute Gasteiger partial charge is 0.392 e. The van der Waals surface area contributed by atoms with E-state index in [1.807, 2.05) is 12.1 Å². The summed E-state index contributed by atoms with van der Waals surface area (Å²) in [6, 6.07) is 6.06. The number of fused-ring (bicyclic) bond motifs is 1. The first-order valence-electron chi connectivity index (χ1n) is 3.89. The summed E-state index contributed by atoms with van der Waals surface area (Å²) in [5.41, 5.74) is 2.33. The van der Waals surface area contributed by atoms with E-state index in [4.69, 9.17) is 5.11 Å². The van der Waals surface area contributed by atoms with Crippen LogP contribution in [0, 0.1) is 6.92 Å². The Morgan fingerprint density at radius 3 is 3.00 bits per heavy atom. The molecule has 1 heterocycles. The van der Waals surface area contributed by atoms with Crippen LogP contribution >= 0.6 is 11.3 Å². The molecule has 1 aromatic carbocycles. The molecule has 0 radical (unpaired) electrons. The normalized spacial score (nSPS) is 10.8. The van der Waals surface area contributed by atoms with E-state index >= 15 is 0 Å². The number of hydrogen-bond acceptors (Lipinski definition) is 2. The van der Waals surface area contributed by atoms with Gasteiger partial charge in [0.15, 0.2) is 0 Å². The zero-order valence-corrected chi connectivity index (χ0v) is 7.69. The molecular weight excluding hydrogens is 168 g/mol. The van der Waals surface area contributed by atoms with E-state index in [0.717, 1.165) is 5.56 Å². The van der Waals surface area contributed by atoms with E-state index in [-0.39, 0.29) is 6.61 Å². The van der Waals surface area contributed by atoms with E-state index < -0.39 is 0 Å². The van der Waals surface area contributed by atoms with Gasteiger partial charge >= 0.3 is 0 Å². The molecule has 0 aliphatic carbocycles. The number of aryl methyl sites for hydroxylation is 1. The number of benzene rings is 1. The molecule has 2 rings (SSSR count). The molecule has 0 spiro atoms. The number of aliphatic hydroxyl groups excluding tert-OH is 1. The van der Waals surface area contributed by atoms with Crippen molar-refractivity contribution in [3.63, 3.8) is 0 Å². The fourth-order valence-electron chi connectivity index (χ4n) is 1.37. The lowest BCUT2D eigenvalue weighted by Gasteiger charge is -1.97. The van der Waals surface area contributed by atoms with Crippen LogP contribution in [0.1, 0.15) is 11.1 Å². The summed E-state index contributed by atoms with van der Waals surface area (Å²) in [6.45, 7) is 2.23. The Morgan fingerprint density at radius 2 is 2.25 bits per heavy atom. The first kappa shape index (κ1) is 7.77. The zero-order chi connectivity index (χ0) is 8.55. The van der Waals surface area contributed by atoms with Crippen LogP contribution in [0.5, 0.6) is 0 Å². The number of aliphatic hydroxyl groups is 1. The predicted molar refractivity (Wildman–Crippen MR) is 52.5 cm³/mol. The average Bonchev–Trinajstić information content (AvgIpc) is 2.48. The van der Waals surface area contributed by atoms with Crippen LogP contribution in [0.3, 0.4) is 0 Å². The molecule has 0 amide bonds. The minimum Gasteiger partial charge on any atom is -0.392 e. The highest BCUT2D eigenvalue weighted by atomic mass is 32.1. The van der Waals surface area contributed by atoms with Crippen molar-refractivity contribution in [3.05, 3.63) is 34.7 Å². The van der Waals surface area contributed by atoms with Gasteiger partial charge in [0.25, 0.3) is 0 Å². The first-order valence-corrected chi connectivity index (χ1v) is 4.77. The van der Waals surface area contributed by atoms with Crippen LogP contribution in [-0.2, 0) is 6.61 Å². The van der Waals surface area contributed by atoms with Crippen molar-refractivity contribution < 1.29 is 5.11 Å². The van der Waals surface area contributed by atoms with Gasteiger partial charge in [0.1, 0.15) is 0 Å². The Labute approximate surface area is 75.3 Å². The lowest BCUT2D eigenvalue weighted by atomic mass is 10.1. The van der Waals surface area contributed by atoms with Gasteiger partial charge in [-0.2, -0.15) is 0 Å². The third kappa shape index (κ3) is 1.04. The van der Waals surface area contributed by atoms with E-state index in [0.29, 0.717) is 0 Å². The van der Waals surface area contributed by atoms with Crippen molar-refractivity contribution in [2.75, 3.05) is 0 Å². The lowest BCUT2D eigenvalue weighted by molar-refractivity contribution is 0.283. The summed E-state index contributed by atoms with van der Waals surface area (Å²) in [7, 11) is 0. The highest BCUT2D eigenvalue weighted by Gasteiger charge is 2.02. The van der Waals surface area contributed by atoms with Gasteiger partial charge in [-0.05, 0) is 28.8 Å². The average molecular weight is 178 g/mol. The van der Waals surface area contributed by atoms with Crippen LogP contribution in [-0.4, -0.2) is 5.11 Å². The molecule has 2 heteroatoms. The van der Waals surface area contributed by atoms with Crippen molar-refractivity contribution >= 4 is 21.4 Å². The van der Waals surface area contributed by atoms with E-state index in [1.54, 1.807) is 11.3 Å². The molecule has 0 atom stereocenters. The Balaban J connectivity index is 2.81. The topological polar surface area (TPSA) is 20.2 Å². The van der Waals surface area contributed by atoms with Gasteiger partial charge in [-0.3, -0.25) is 0 Å². The van der Waals surface area contributed by atoms with Gasteiger partial charge in [0.2, 0.25) is 0 Å². The van der Waals surface area contributed by atoms with Crippen molar-refractivity contribution in [2.45, 2.75) is 13.5 Å². The fourth-order valence-corrected chi connectivity index (χ4v) is 2.43. The molecule has 0 unspecified atom stereocenters. The molecule has 0 saturated heterocycles. The maximum atomic E-state index is 9.05. The molecule has 0 bridgehead atoms. The Morgan fingerprint density at radius 1 is 1.42 bits per heavy atom. The highest BCUT2D eigenvalue weighted by molar-refractivity contribution is 7.17. The van der Waals surface area contributed by atoms with E-state index in [1.165, 1.54) is 15.6 Å². The summed E-state index contributed by atoms with van der Waals surface area (Å²) in [4.78, 5) is 0. The predicted octanol–water partition coefficient (Wildman–Crippen LogP) is 2.70. The highest BCUT2D eigenvalue weighted by Crippen LogP contribution is 2.28. The molecule has 2 aromatic rings. The van der Waals surface area contributed by atoms with Crippen LogP contribution in [0.2, 0.25) is 0 Å². The molecule has 1 aromatic heterocycles. The molecule has 0 aliphatic heterocycles. The van der Waals surface area contributed by atoms with Gasteiger partial charge in [-0.1, -0.05) is 18.2 Å². The van der Waals surface area contributed by atoms with Gasteiger partial charge < -0.3 is 5.11 Å². The van der Waals surface area contributed by atoms with Crippen LogP contribution in [0.15, 0.2) is 23.6 Å². The zero-order valence-electron chi connectivity index (χ0n) is 6.87. The van der Waals surface area contributed by atoms with Gasteiger partial charge in [0.05, 0.1) is 6.61 Å². The van der Waals surface area contributed by atoms with Crippen LogP contribution in [0.25, 0.3) is 10.1 Å². The molecular formula is C10H10OS. The second kappa shape index (κ2) is 2.88. The molecule has 0 aliphatic rings. The lowest BCUT2D eigenvalue weighted by Crippen LogP contribution is -1.81. The SMILES string of the molecule is Cc1csc2c(CO)cccc12. The molecule has 62 valence electrons. The number of thiophene rings is 1. The van der Waals surface area contributed by atoms with Crippen LogP contribution < -0.4 is 0 Å². The summed E-state index contributed by atoms with van der Waals surface area (Å²) in [6.07, 6.45) is 0. The second-order valence-corrected chi connectivity index (χ2v) is 3.75. The monoisotopic (exact) mass is 178 g/mol. The Bertz CT molecular complexity index is 403. The summed E-state index contributed by atoms with van der Waals surface area (Å²) >= 11 is 1.71. The van der Waals surface area contributed by atoms with Crippen molar-refractivity contribution in [3.8, 4) is 0 Å². The quantitative estimate of drug-likeness (QED) is 0.711. The molecule has 12 heavy (non-hydrogen) atoms. The van der Waals surface area contributed by atoms with Crippen molar-refractivity contribution in [1.82, 2.24) is 0 Å². The minimum absolute atomic E-state index is 0.136. The third-order valence-electron chi connectivity index (χ3n) is 2.05. The summed E-state index contributed by atoms with van der Waals surface area (Å²) in [5.74, 6) is 0. The van der Waals surface area contributed by atoms with Crippen molar-refractivity contribution in [2.24, 2.45) is 0 Å². The Hall–Kier alpha value is -0.860. The van der Waals surface area contributed by atoms with Crippen molar-refractivity contribution in [1.29, 1.82) is 0 Å². The standard InChI is InChI=1S/C10H10OS/c1-7-6-12-10-8(5-11)3-2-4-9(7)10/h2-4,6,11H,5H2,1H3. The minimum atomic E-state index is 0.136. The fraction of sp³-hybridized carbons (Fsp3) is 0.200. The van der Waals surface area contributed by atoms with E-state index in [9.17, 15) is 0 Å². The summed E-state index contributed by atoms with van der Waals surface area (Å²) < 4.78 is 1.22.